The molecule has 3 nitrogen and oxygen atoms in total. The molecular weight excluding hydrogens is 350 g/mol. The van der Waals surface area contributed by atoms with E-state index in [1.807, 2.05) is 26.1 Å². The lowest BCUT2D eigenvalue weighted by Gasteiger charge is -2.15. The van der Waals surface area contributed by atoms with E-state index in [9.17, 15) is 0 Å². The zero-order valence-electron chi connectivity index (χ0n) is 10.2. The van der Waals surface area contributed by atoms with Crippen molar-refractivity contribution in [2.45, 2.75) is 19.6 Å². The van der Waals surface area contributed by atoms with E-state index in [0.717, 1.165) is 21.2 Å². The summed E-state index contributed by atoms with van der Waals surface area (Å²) in [5, 5.41) is 3.11. The molecule has 17 heavy (non-hydrogen) atoms. The summed E-state index contributed by atoms with van der Waals surface area (Å²) in [5.74, 6) is 0.814. The molecule has 0 radical (unpaired) electrons. The van der Waals surface area contributed by atoms with Crippen molar-refractivity contribution in [1.82, 2.24) is 5.32 Å². The minimum atomic E-state index is 0.0748. The Balaban J connectivity index is 2.78. The van der Waals surface area contributed by atoms with Crippen molar-refractivity contribution in [3.63, 3.8) is 0 Å². The van der Waals surface area contributed by atoms with Gasteiger partial charge in [0.05, 0.1) is 15.0 Å². The van der Waals surface area contributed by atoms with Gasteiger partial charge in [-0.25, -0.2) is 0 Å². The second-order valence-electron chi connectivity index (χ2n) is 3.78. The third-order valence-corrected chi connectivity index (χ3v) is 3.48. The lowest BCUT2D eigenvalue weighted by atomic mass is 10.2. The van der Waals surface area contributed by atoms with E-state index in [2.05, 4.69) is 37.2 Å². The normalized spacial score (nSPS) is 12.5. The number of hydrogen-bond donors (Lipinski definition) is 1. The van der Waals surface area contributed by atoms with E-state index in [-0.39, 0.29) is 6.10 Å². The van der Waals surface area contributed by atoms with Crippen LogP contribution in [0.4, 0.5) is 0 Å². The minimum absolute atomic E-state index is 0.0748. The smallest absolute Gasteiger partial charge is 0.147 e. The zero-order valence-corrected chi connectivity index (χ0v) is 13.4. The summed E-state index contributed by atoms with van der Waals surface area (Å²) in [4.78, 5) is 0. The molecule has 0 aliphatic carbocycles. The zero-order chi connectivity index (χ0) is 12.8. The van der Waals surface area contributed by atoms with Crippen LogP contribution in [0.5, 0.6) is 5.75 Å². The van der Waals surface area contributed by atoms with Gasteiger partial charge in [0.15, 0.2) is 0 Å². The Kier molecular flexibility index (Phi) is 6.48. The van der Waals surface area contributed by atoms with Crippen molar-refractivity contribution in [3.8, 4) is 5.75 Å². The number of methoxy groups -OCH3 is 1. The molecule has 0 bridgehead atoms. The molecule has 0 spiro atoms. The Morgan fingerprint density at radius 1 is 1.29 bits per heavy atom. The first kappa shape index (κ1) is 15.0. The van der Waals surface area contributed by atoms with E-state index < -0.39 is 0 Å². The molecule has 0 saturated heterocycles. The van der Waals surface area contributed by atoms with Crippen molar-refractivity contribution in [1.29, 1.82) is 0 Å². The molecule has 1 N–H and O–H groups in total. The molecule has 0 saturated carbocycles. The summed E-state index contributed by atoms with van der Waals surface area (Å²) in [6.07, 6.45) is 0.0748. The Hall–Kier alpha value is -0.100. The van der Waals surface area contributed by atoms with Crippen molar-refractivity contribution in [2.75, 3.05) is 20.8 Å². The second-order valence-corrected chi connectivity index (χ2v) is 5.48. The number of hydrogen-bond acceptors (Lipinski definition) is 3. The topological polar surface area (TPSA) is 30.5 Å². The number of benzene rings is 1. The fourth-order valence-electron chi connectivity index (χ4n) is 1.33. The van der Waals surface area contributed by atoms with Gasteiger partial charge in [-0.05, 0) is 63.5 Å². The van der Waals surface area contributed by atoms with E-state index in [1.165, 1.54) is 5.56 Å². The summed E-state index contributed by atoms with van der Waals surface area (Å²) in [7, 11) is 3.60. The predicted molar refractivity (Wildman–Crippen MR) is 76.6 cm³/mol. The van der Waals surface area contributed by atoms with E-state index in [1.54, 1.807) is 7.11 Å². The molecule has 0 amide bonds. The van der Waals surface area contributed by atoms with Gasteiger partial charge < -0.3 is 14.8 Å². The standard InChI is InChI=1S/C12H17Br2NO2/c1-8(16-3)7-17-12-10(13)4-9(6-15-2)5-11(12)14/h4-5,8,15H,6-7H2,1-3H3. The summed E-state index contributed by atoms with van der Waals surface area (Å²) < 4.78 is 12.8. The molecule has 0 aliphatic rings. The fraction of sp³-hybridized carbons (Fsp3) is 0.500. The van der Waals surface area contributed by atoms with Gasteiger partial charge in [0.25, 0.3) is 0 Å². The molecule has 1 aromatic rings. The Bertz CT molecular complexity index is 349. The molecule has 1 aromatic carbocycles. The van der Waals surface area contributed by atoms with Gasteiger partial charge in [0, 0.05) is 13.7 Å². The van der Waals surface area contributed by atoms with Crippen LogP contribution in [0.1, 0.15) is 12.5 Å². The first-order valence-electron chi connectivity index (χ1n) is 5.36. The average Bonchev–Trinajstić information content (AvgIpc) is 2.28. The summed E-state index contributed by atoms with van der Waals surface area (Å²) in [6.45, 7) is 3.32. The molecule has 1 atom stereocenters. The molecule has 96 valence electrons. The number of nitrogens with one attached hydrogen (secondary N) is 1. The highest BCUT2D eigenvalue weighted by Gasteiger charge is 2.10. The number of ether oxygens (including phenoxy) is 2. The molecule has 0 aromatic heterocycles. The Labute approximate surface area is 119 Å². The van der Waals surface area contributed by atoms with Gasteiger partial charge in [-0.2, -0.15) is 0 Å². The number of rotatable bonds is 6. The van der Waals surface area contributed by atoms with Crippen molar-refractivity contribution in [2.24, 2.45) is 0 Å². The quantitative estimate of drug-likeness (QED) is 0.837. The molecule has 1 rings (SSSR count). The largest absolute Gasteiger partial charge is 0.489 e. The molecule has 1 unspecified atom stereocenters. The predicted octanol–water partition coefficient (Wildman–Crippen LogP) is 3.34. The summed E-state index contributed by atoms with van der Waals surface area (Å²) in [6, 6.07) is 4.10. The maximum absolute atomic E-state index is 5.71. The third kappa shape index (κ3) is 4.58. The van der Waals surface area contributed by atoms with Crippen molar-refractivity contribution < 1.29 is 9.47 Å². The van der Waals surface area contributed by atoms with E-state index in [0.29, 0.717) is 6.61 Å². The fourth-order valence-corrected chi connectivity index (χ4v) is 2.84. The SMILES string of the molecule is CNCc1cc(Br)c(OCC(C)OC)c(Br)c1. The van der Waals surface area contributed by atoms with Gasteiger partial charge in [-0.3, -0.25) is 0 Å². The highest BCUT2D eigenvalue weighted by molar-refractivity contribution is 9.11. The first-order chi connectivity index (χ1) is 8.08. The second kappa shape index (κ2) is 7.36. The highest BCUT2D eigenvalue weighted by atomic mass is 79.9. The van der Waals surface area contributed by atoms with Crippen LogP contribution in [0, 0.1) is 0 Å². The lowest BCUT2D eigenvalue weighted by Crippen LogP contribution is -2.16. The van der Waals surface area contributed by atoms with Crippen LogP contribution in [0.25, 0.3) is 0 Å². The van der Waals surface area contributed by atoms with Gasteiger partial charge in [-0.15, -0.1) is 0 Å². The molecule has 5 heteroatoms. The average molecular weight is 367 g/mol. The Morgan fingerprint density at radius 3 is 2.35 bits per heavy atom. The van der Waals surface area contributed by atoms with Gasteiger partial charge >= 0.3 is 0 Å². The van der Waals surface area contributed by atoms with Gasteiger partial charge in [0.2, 0.25) is 0 Å². The summed E-state index contributed by atoms with van der Waals surface area (Å²) >= 11 is 7.03. The maximum Gasteiger partial charge on any atom is 0.147 e. The van der Waals surface area contributed by atoms with Crippen LogP contribution in [0.15, 0.2) is 21.1 Å². The lowest BCUT2D eigenvalue weighted by molar-refractivity contribution is 0.0711. The molecule has 0 aliphatic heterocycles. The Morgan fingerprint density at radius 2 is 1.88 bits per heavy atom. The van der Waals surface area contributed by atoms with Crippen LogP contribution in [-0.2, 0) is 11.3 Å². The van der Waals surface area contributed by atoms with Crippen LogP contribution in [-0.4, -0.2) is 26.9 Å². The van der Waals surface area contributed by atoms with Crippen LogP contribution in [0.3, 0.4) is 0 Å². The molecule has 0 fully saturated rings. The van der Waals surface area contributed by atoms with Crippen LogP contribution >= 0.6 is 31.9 Å². The third-order valence-electron chi connectivity index (χ3n) is 2.30. The number of halogens is 2. The van der Waals surface area contributed by atoms with Crippen LogP contribution in [0.2, 0.25) is 0 Å². The maximum atomic E-state index is 5.71. The molecular formula is C12H17Br2NO2. The summed E-state index contributed by atoms with van der Waals surface area (Å²) in [5.41, 5.74) is 1.19. The van der Waals surface area contributed by atoms with E-state index in [4.69, 9.17) is 9.47 Å². The first-order valence-corrected chi connectivity index (χ1v) is 6.95. The van der Waals surface area contributed by atoms with Gasteiger partial charge in [-0.1, -0.05) is 0 Å². The van der Waals surface area contributed by atoms with Crippen molar-refractivity contribution >= 4 is 31.9 Å². The minimum Gasteiger partial charge on any atom is -0.489 e. The van der Waals surface area contributed by atoms with Gasteiger partial charge in [0.1, 0.15) is 12.4 Å². The monoisotopic (exact) mass is 365 g/mol. The van der Waals surface area contributed by atoms with E-state index >= 15 is 0 Å². The van der Waals surface area contributed by atoms with Crippen molar-refractivity contribution in [3.05, 3.63) is 26.6 Å². The molecule has 0 heterocycles. The van der Waals surface area contributed by atoms with Crippen LogP contribution < -0.4 is 10.1 Å². The highest BCUT2D eigenvalue weighted by Crippen LogP contribution is 2.34.